The normalized spacial score (nSPS) is 13.8. The molecule has 0 saturated carbocycles. The molecule has 0 bridgehead atoms. The first-order chi connectivity index (χ1) is 48.5. The van der Waals surface area contributed by atoms with Gasteiger partial charge in [0.25, 0.3) is 0 Å². The zero-order valence-electron chi connectivity index (χ0n) is 65.3. The molecule has 0 aromatic rings. The van der Waals surface area contributed by atoms with Gasteiger partial charge in [-0.2, -0.15) is 0 Å². The molecule has 0 aliphatic carbocycles. The molecule has 0 aliphatic rings. The maximum atomic E-state index is 13.1. The molecule has 19 heteroatoms. The lowest BCUT2D eigenvalue weighted by molar-refractivity contribution is -0.161. The molecule has 0 saturated heterocycles. The SMILES string of the molecule is CCCCCCCCCCCCCCCCCCCCC(=O)OC[C@H](COP(=O)(O)OC[C@@H](O)COP(=O)(O)OC[C@@H](COC(=O)CCCCCCCCCCCCC)OC(=O)CCCCCCCCCCCCCCC)OC(=O)CCCCCCCCCCCCCCCCCC(C)C. The van der Waals surface area contributed by atoms with Gasteiger partial charge in [0.2, 0.25) is 0 Å². The number of aliphatic hydroxyl groups excluding tert-OH is 1. The molecular formula is C81H158O17P2. The van der Waals surface area contributed by atoms with Crippen molar-refractivity contribution >= 4 is 39.5 Å². The first kappa shape index (κ1) is 98.1. The first-order valence-corrected chi connectivity index (χ1v) is 45.1. The number of phosphoric acid groups is 2. The van der Waals surface area contributed by atoms with Gasteiger partial charge in [0.1, 0.15) is 19.3 Å². The maximum absolute atomic E-state index is 13.1. The number of hydrogen-bond donors (Lipinski definition) is 3. The quantitative estimate of drug-likeness (QED) is 0.0222. The molecule has 3 N–H and O–H groups in total. The minimum Gasteiger partial charge on any atom is -0.462 e. The van der Waals surface area contributed by atoms with E-state index in [0.29, 0.717) is 25.7 Å². The summed E-state index contributed by atoms with van der Waals surface area (Å²) in [7, 11) is -9.92. The van der Waals surface area contributed by atoms with E-state index in [0.717, 1.165) is 95.8 Å². The number of aliphatic hydroxyl groups is 1. The van der Waals surface area contributed by atoms with Crippen molar-refractivity contribution in [1.82, 2.24) is 0 Å². The van der Waals surface area contributed by atoms with Crippen LogP contribution in [0.2, 0.25) is 0 Å². The Morgan fingerprint density at radius 1 is 0.270 bits per heavy atom. The summed E-state index contributed by atoms with van der Waals surface area (Å²) in [5, 5.41) is 10.6. The summed E-state index contributed by atoms with van der Waals surface area (Å²) >= 11 is 0. The predicted octanol–water partition coefficient (Wildman–Crippen LogP) is 24.4. The van der Waals surface area contributed by atoms with E-state index in [1.807, 2.05) is 0 Å². The van der Waals surface area contributed by atoms with Crippen molar-refractivity contribution in [3.05, 3.63) is 0 Å². The number of esters is 4. The average molecular weight is 1470 g/mol. The Hall–Kier alpha value is -1.94. The number of phosphoric ester groups is 2. The zero-order valence-corrected chi connectivity index (χ0v) is 67.1. The van der Waals surface area contributed by atoms with E-state index < -0.39 is 97.5 Å². The van der Waals surface area contributed by atoms with E-state index >= 15 is 0 Å². The van der Waals surface area contributed by atoms with Gasteiger partial charge >= 0.3 is 39.5 Å². The van der Waals surface area contributed by atoms with Crippen LogP contribution in [0, 0.1) is 5.92 Å². The van der Waals surface area contributed by atoms with E-state index in [-0.39, 0.29) is 25.7 Å². The summed E-state index contributed by atoms with van der Waals surface area (Å²) < 4.78 is 68.7. The molecule has 100 heavy (non-hydrogen) atoms. The summed E-state index contributed by atoms with van der Waals surface area (Å²) in [6.45, 7) is 7.36. The summed E-state index contributed by atoms with van der Waals surface area (Å²) in [4.78, 5) is 73.0. The average Bonchev–Trinajstić information content (AvgIpc) is 0.963. The van der Waals surface area contributed by atoms with E-state index in [9.17, 15) is 43.2 Å². The van der Waals surface area contributed by atoms with Crippen molar-refractivity contribution in [1.29, 1.82) is 0 Å². The molecule has 0 aliphatic heterocycles. The van der Waals surface area contributed by atoms with Crippen molar-refractivity contribution in [2.24, 2.45) is 5.92 Å². The fourth-order valence-electron chi connectivity index (χ4n) is 12.6. The van der Waals surface area contributed by atoms with Gasteiger partial charge in [-0.3, -0.25) is 37.3 Å². The van der Waals surface area contributed by atoms with Crippen LogP contribution in [-0.4, -0.2) is 96.7 Å². The van der Waals surface area contributed by atoms with Gasteiger partial charge < -0.3 is 33.8 Å². The molecule has 17 nitrogen and oxygen atoms in total. The number of carbonyl (C=O) groups excluding carboxylic acids is 4. The highest BCUT2D eigenvalue weighted by atomic mass is 31.2. The van der Waals surface area contributed by atoms with Crippen LogP contribution in [0.3, 0.4) is 0 Å². The lowest BCUT2D eigenvalue weighted by Gasteiger charge is -2.21. The molecule has 0 aromatic carbocycles. The predicted molar refractivity (Wildman–Crippen MR) is 409 cm³/mol. The number of carbonyl (C=O) groups is 4. The molecule has 0 aromatic heterocycles. The van der Waals surface area contributed by atoms with Crippen LogP contribution in [0.5, 0.6) is 0 Å². The lowest BCUT2D eigenvalue weighted by atomic mass is 10.0. The van der Waals surface area contributed by atoms with Crippen molar-refractivity contribution in [3.8, 4) is 0 Å². The van der Waals surface area contributed by atoms with Gasteiger partial charge in [-0.1, -0.05) is 381 Å². The number of ether oxygens (including phenoxy) is 4. The lowest BCUT2D eigenvalue weighted by Crippen LogP contribution is -2.30. The Balaban J connectivity index is 5.24. The second-order valence-corrected chi connectivity index (χ2v) is 32.5. The molecule has 2 unspecified atom stereocenters. The Morgan fingerprint density at radius 2 is 0.460 bits per heavy atom. The molecule has 0 amide bonds. The largest absolute Gasteiger partial charge is 0.472 e. The minimum absolute atomic E-state index is 0.108. The fraction of sp³-hybridized carbons (Fsp3) is 0.951. The van der Waals surface area contributed by atoms with Crippen LogP contribution in [0.15, 0.2) is 0 Å². The van der Waals surface area contributed by atoms with Crippen molar-refractivity contribution < 1.29 is 80.2 Å². The highest BCUT2D eigenvalue weighted by Gasteiger charge is 2.30. The third-order valence-corrected chi connectivity index (χ3v) is 20.9. The summed E-state index contributed by atoms with van der Waals surface area (Å²) in [5.41, 5.74) is 0. The Bertz CT molecular complexity index is 1910. The third-order valence-electron chi connectivity index (χ3n) is 19.0. The molecule has 0 rings (SSSR count). The maximum Gasteiger partial charge on any atom is 0.472 e. The van der Waals surface area contributed by atoms with Gasteiger partial charge in [0.05, 0.1) is 26.4 Å². The van der Waals surface area contributed by atoms with E-state index in [1.54, 1.807) is 0 Å². The highest BCUT2D eigenvalue weighted by molar-refractivity contribution is 7.47. The topological polar surface area (TPSA) is 237 Å². The Kier molecular flexibility index (Phi) is 72.5. The summed E-state index contributed by atoms with van der Waals surface area (Å²) in [6.07, 6.45) is 65.1. The molecule has 0 heterocycles. The third kappa shape index (κ3) is 74.3. The smallest absolute Gasteiger partial charge is 0.462 e. The van der Waals surface area contributed by atoms with Gasteiger partial charge in [0, 0.05) is 25.7 Å². The van der Waals surface area contributed by atoms with E-state index in [4.69, 9.17) is 37.0 Å². The molecule has 0 radical (unpaired) electrons. The molecular weight excluding hydrogens is 1310 g/mol. The van der Waals surface area contributed by atoms with Crippen LogP contribution < -0.4 is 0 Å². The number of unbranched alkanes of at least 4 members (excludes halogenated alkanes) is 53. The van der Waals surface area contributed by atoms with Crippen molar-refractivity contribution in [2.75, 3.05) is 39.6 Å². The fourth-order valence-corrected chi connectivity index (χ4v) is 14.2. The standard InChI is InChI=1S/C81H158O17P2/c1-6-9-12-15-18-21-24-26-27-28-29-32-36-40-45-50-55-60-65-79(84)92-71-77(98-81(86)67-62-57-52-47-42-37-33-30-31-35-39-43-48-53-58-63-74(4)5)73-96-100(89,90)94-69-75(82)68-93-99(87,88)95-72-76(70-91-78(83)64-59-54-49-44-38-23-20-17-14-11-8-3)97-80(85)66-61-56-51-46-41-34-25-22-19-16-13-10-7-2/h74-77,82H,6-73H2,1-5H3,(H,87,88)(H,89,90)/t75-,76+,77+/m0/s1. The summed E-state index contributed by atoms with van der Waals surface area (Å²) in [6, 6.07) is 0. The van der Waals surface area contributed by atoms with Crippen LogP contribution in [0.1, 0.15) is 433 Å². The van der Waals surface area contributed by atoms with Crippen LogP contribution >= 0.6 is 15.6 Å². The Morgan fingerprint density at radius 3 is 0.680 bits per heavy atom. The zero-order chi connectivity index (χ0) is 73.4. The number of rotatable bonds is 81. The highest BCUT2D eigenvalue weighted by Crippen LogP contribution is 2.45. The number of hydrogen-bond acceptors (Lipinski definition) is 15. The van der Waals surface area contributed by atoms with Crippen LogP contribution in [0.25, 0.3) is 0 Å². The second-order valence-electron chi connectivity index (χ2n) is 29.6. The molecule has 0 fully saturated rings. The van der Waals surface area contributed by atoms with Gasteiger partial charge in [-0.15, -0.1) is 0 Å². The molecule has 594 valence electrons. The first-order valence-electron chi connectivity index (χ1n) is 42.1. The van der Waals surface area contributed by atoms with Gasteiger partial charge in [-0.05, 0) is 31.6 Å². The van der Waals surface area contributed by atoms with Gasteiger partial charge in [0.15, 0.2) is 12.2 Å². The van der Waals surface area contributed by atoms with Gasteiger partial charge in [-0.25, -0.2) is 9.13 Å². The van der Waals surface area contributed by atoms with E-state index in [2.05, 4.69) is 34.6 Å². The van der Waals surface area contributed by atoms with Crippen LogP contribution in [-0.2, 0) is 65.4 Å². The molecule has 0 spiro atoms. The Labute approximate surface area is 613 Å². The molecule has 5 atom stereocenters. The second kappa shape index (κ2) is 73.9. The van der Waals surface area contributed by atoms with Crippen molar-refractivity contribution in [2.45, 2.75) is 451 Å². The van der Waals surface area contributed by atoms with Crippen molar-refractivity contribution in [3.63, 3.8) is 0 Å². The minimum atomic E-state index is -4.96. The van der Waals surface area contributed by atoms with E-state index in [1.165, 1.54) is 257 Å². The van der Waals surface area contributed by atoms with Crippen LogP contribution in [0.4, 0.5) is 0 Å². The monoisotopic (exact) mass is 1470 g/mol. The summed E-state index contributed by atoms with van der Waals surface area (Å²) in [5.74, 6) is -1.30.